The lowest BCUT2D eigenvalue weighted by molar-refractivity contribution is 0.202. The molecule has 2 rings (SSSR count). The van der Waals surface area contributed by atoms with Gasteiger partial charge < -0.3 is 5.11 Å². The van der Waals surface area contributed by atoms with E-state index in [1.54, 1.807) is 0 Å². The molecule has 0 radical (unpaired) electrons. The average Bonchev–Trinajstić information content (AvgIpc) is 2.51. The lowest BCUT2D eigenvalue weighted by Crippen LogP contribution is -2.10. The Labute approximate surface area is 84.1 Å². The summed E-state index contributed by atoms with van der Waals surface area (Å²) < 4.78 is 1.81. The van der Waals surface area contributed by atoms with Gasteiger partial charge in [-0.3, -0.25) is 4.68 Å². The summed E-state index contributed by atoms with van der Waals surface area (Å²) in [5.41, 5.74) is 2.41. The van der Waals surface area contributed by atoms with Gasteiger partial charge in [-0.1, -0.05) is 11.6 Å². The molecule has 14 heavy (non-hydrogen) atoms. The summed E-state index contributed by atoms with van der Waals surface area (Å²) in [4.78, 5) is 0. The first-order valence-electron chi connectivity index (χ1n) is 5.10. The average molecular weight is 192 g/mol. The number of rotatable bonds is 2. The van der Waals surface area contributed by atoms with Gasteiger partial charge in [0.15, 0.2) is 0 Å². The zero-order valence-electron chi connectivity index (χ0n) is 8.48. The highest BCUT2D eigenvalue weighted by molar-refractivity contribution is 5.16. The molecule has 0 saturated carbocycles. The highest BCUT2D eigenvalue weighted by atomic mass is 16.3. The maximum atomic E-state index is 9.46. The molecule has 1 aromatic rings. The quantitative estimate of drug-likeness (QED) is 0.720. The van der Waals surface area contributed by atoms with Crippen LogP contribution < -0.4 is 0 Å². The van der Waals surface area contributed by atoms with Gasteiger partial charge in [0, 0.05) is 19.7 Å². The van der Waals surface area contributed by atoms with E-state index in [1.807, 2.05) is 30.1 Å². The van der Waals surface area contributed by atoms with E-state index < -0.39 is 0 Å². The van der Waals surface area contributed by atoms with Crippen LogP contribution in [0.5, 0.6) is 0 Å². The number of nitrogens with zero attached hydrogens (tertiary/aromatic N) is 2. The lowest BCUT2D eigenvalue weighted by Gasteiger charge is -2.16. The second-order valence-corrected chi connectivity index (χ2v) is 3.94. The van der Waals surface area contributed by atoms with Gasteiger partial charge in [0.05, 0.1) is 11.8 Å². The van der Waals surface area contributed by atoms with E-state index >= 15 is 0 Å². The van der Waals surface area contributed by atoms with E-state index in [0.29, 0.717) is 0 Å². The summed E-state index contributed by atoms with van der Waals surface area (Å²) >= 11 is 0. The molecule has 0 amide bonds. The van der Waals surface area contributed by atoms with E-state index in [4.69, 9.17) is 0 Å². The molecule has 3 heteroatoms. The number of aliphatic hydroxyl groups is 1. The topological polar surface area (TPSA) is 38.0 Å². The van der Waals surface area contributed by atoms with Crippen molar-refractivity contribution in [2.45, 2.75) is 31.8 Å². The van der Waals surface area contributed by atoms with Crippen molar-refractivity contribution in [1.29, 1.82) is 0 Å². The Balaban J connectivity index is 2.03. The molecular formula is C11H16N2O. The molecule has 0 aliphatic heterocycles. The Morgan fingerprint density at radius 3 is 3.14 bits per heavy atom. The molecule has 0 fully saturated rings. The highest BCUT2D eigenvalue weighted by Crippen LogP contribution is 2.20. The molecule has 1 aliphatic carbocycles. The number of allylic oxidation sites excluding steroid dienone is 1. The molecular weight excluding hydrogens is 176 g/mol. The normalized spacial score (nSPS) is 22.1. The zero-order valence-corrected chi connectivity index (χ0v) is 8.48. The SMILES string of the molecule is Cn1ccc(CC2=CC(O)CCC2)n1. The van der Waals surface area contributed by atoms with Gasteiger partial charge in [-0.25, -0.2) is 0 Å². The largest absolute Gasteiger partial charge is 0.389 e. The van der Waals surface area contributed by atoms with Crippen LogP contribution in [-0.4, -0.2) is 21.0 Å². The first-order valence-corrected chi connectivity index (χ1v) is 5.10. The summed E-state index contributed by atoms with van der Waals surface area (Å²) in [6.07, 6.45) is 7.70. The molecule has 1 aliphatic rings. The molecule has 3 nitrogen and oxygen atoms in total. The van der Waals surface area contributed by atoms with Crippen LogP contribution in [0.15, 0.2) is 23.9 Å². The minimum Gasteiger partial charge on any atom is -0.389 e. The molecule has 1 heterocycles. The van der Waals surface area contributed by atoms with Gasteiger partial charge in [0.25, 0.3) is 0 Å². The fourth-order valence-electron chi connectivity index (χ4n) is 1.91. The first-order chi connectivity index (χ1) is 6.74. The van der Waals surface area contributed by atoms with Gasteiger partial charge >= 0.3 is 0 Å². The summed E-state index contributed by atoms with van der Waals surface area (Å²) in [5, 5.41) is 13.8. The maximum Gasteiger partial charge on any atom is 0.0723 e. The number of aromatic nitrogens is 2. The van der Waals surface area contributed by atoms with Crippen molar-refractivity contribution in [2.75, 3.05) is 0 Å². The van der Waals surface area contributed by atoms with Crippen LogP contribution in [0.2, 0.25) is 0 Å². The molecule has 0 aromatic carbocycles. The zero-order chi connectivity index (χ0) is 9.97. The van der Waals surface area contributed by atoms with Crippen LogP contribution in [0.1, 0.15) is 25.0 Å². The van der Waals surface area contributed by atoms with Crippen molar-refractivity contribution in [2.24, 2.45) is 7.05 Å². The lowest BCUT2D eigenvalue weighted by atomic mass is 9.94. The van der Waals surface area contributed by atoms with Crippen LogP contribution in [-0.2, 0) is 13.5 Å². The third-order valence-electron chi connectivity index (χ3n) is 2.60. The van der Waals surface area contributed by atoms with Crippen LogP contribution in [0, 0.1) is 0 Å². The number of aliphatic hydroxyl groups excluding tert-OH is 1. The number of hydrogen-bond donors (Lipinski definition) is 1. The third kappa shape index (κ3) is 2.23. The van der Waals surface area contributed by atoms with Crippen molar-refractivity contribution in [3.63, 3.8) is 0 Å². The third-order valence-corrected chi connectivity index (χ3v) is 2.60. The minimum absolute atomic E-state index is 0.234. The monoisotopic (exact) mass is 192 g/mol. The summed E-state index contributed by atoms with van der Waals surface area (Å²) in [7, 11) is 1.92. The Bertz CT molecular complexity index is 341. The number of hydrogen-bond acceptors (Lipinski definition) is 2. The van der Waals surface area contributed by atoms with Gasteiger partial charge in [-0.05, 0) is 25.3 Å². The van der Waals surface area contributed by atoms with E-state index in [9.17, 15) is 5.11 Å². The van der Waals surface area contributed by atoms with Crippen molar-refractivity contribution in [3.8, 4) is 0 Å². The molecule has 1 atom stereocenters. The van der Waals surface area contributed by atoms with Gasteiger partial charge in [-0.15, -0.1) is 0 Å². The summed E-state index contributed by atoms with van der Waals surface area (Å²) in [6, 6.07) is 2.03. The second-order valence-electron chi connectivity index (χ2n) is 3.94. The Morgan fingerprint density at radius 2 is 2.50 bits per heavy atom. The molecule has 0 saturated heterocycles. The van der Waals surface area contributed by atoms with Crippen molar-refractivity contribution >= 4 is 0 Å². The maximum absolute atomic E-state index is 9.46. The van der Waals surface area contributed by atoms with E-state index in [0.717, 1.165) is 31.4 Å². The van der Waals surface area contributed by atoms with Crippen LogP contribution in [0.4, 0.5) is 0 Å². The first kappa shape index (κ1) is 9.46. The second kappa shape index (κ2) is 3.96. The molecule has 0 bridgehead atoms. The molecule has 1 unspecified atom stereocenters. The molecule has 1 N–H and O–H groups in total. The fraction of sp³-hybridized carbons (Fsp3) is 0.545. The van der Waals surface area contributed by atoms with E-state index in [1.165, 1.54) is 5.57 Å². The Morgan fingerprint density at radius 1 is 1.64 bits per heavy atom. The minimum atomic E-state index is -0.234. The summed E-state index contributed by atoms with van der Waals surface area (Å²) in [6.45, 7) is 0. The Hall–Kier alpha value is -1.09. The van der Waals surface area contributed by atoms with Crippen LogP contribution in [0.25, 0.3) is 0 Å². The van der Waals surface area contributed by atoms with Crippen LogP contribution in [0.3, 0.4) is 0 Å². The van der Waals surface area contributed by atoms with Gasteiger partial charge in [0.2, 0.25) is 0 Å². The van der Waals surface area contributed by atoms with E-state index in [2.05, 4.69) is 5.10 Å². The van der Waals surface area contributed by atoms with Gasteiger partial charge in [0.1, 0.15) is 0 Å². The molecule has 1 aromatic heterocycles. The smallest absolute Gasteiger partial charge is 0.0723 e. The van der Waals surface area contributed by atoms with Crippen molar-refractivity contribution < 1.29 is 5.11 Å². The van der Waals surface area contributed by atoms with Crippen LogP contribution >= 0.6 is 0 Å². The standard InChI is InChI=1S/C11H16N2O/c1-13-6-5-10(12-13)7-9-3-2-4-11(14)8-9/h5-6,8,11,14H,2-4,7H2,1H3. The fourth-order valence-corrected chi connectivity index (χ4v) is 1.91. The molecule has 76 valence electrons. The predicted molar refractivity (Wildman–Crippen MR) is 54.9 cm³/mol. The number of aryl methyl sites for hydroxylation is 1. The van der Waals surface area contributed by atoms with Crippen molar-refractivity contribution in [3.05, 3.63) is 29.6 Å². The van der Waals surface area contributed by atoms with E-state index in [-0.39, 0.29) is 6.10 Å². The molecule has 0 spiro atoms. The Kier molecular flexibility index (Phi) is 2.68. The van der Waals surface area contributed by atoms with Gasteiger partial charge in [-0.2, -0.15) is 5.10 Å². The predicted octanol–water partition coefficient (Wildman–Crippen LogP) is 1.43. The summed E-state index contributed by atoms with van der Waals surface area (Å²) in [5.74, 6) is 0. The van der Waals surface area contributed by atoms with Crippen molar-refractivity contribution in [1.82, 2.24) is 9.78 Å². The highest BCUT2D eigenvalue weighted by Gasteiger charge is 2.11.